The maximum absolute atomic E-state index is 12.7. The third-order valence-corrected chi connectivity index (χ3v) is 4.56. The standard InChI is InChI=1S/C15H17Cl2N3O/c1-10(15(21)19-7-2-3-8-19)20-13(9-16)18-12-6-4-5-11(17)14(12)20/h4-6,10H,2-3,7-9H2,1H3. The fourth-order valence-electron chi connectivity index (χ4n) is 2.98. The van der Waals surface area contributed by atoms with E-state index in [1.54, 1.807) is 0 Å². The molecule has 2 aromatic rings. The van der Waals surface area contributed by atoms with E-state index < -0.39 is 0 Å². The van der Waals surface area contributed by atoms with Gasteiger partial charge in [0, 0.05) is 13.1 Å². The third kappa shape index (κ3) is 2.51. The lowest BCUT2D eigenvalue weighted by Crippen LogP contribution is -2.34. The number of rotatable bonds is 3. The molecule has 1 aliphatic heterocycles. The average molecular weight is 326 g/mol. The van der Waals surface area contributed by atoms with Crippen molar-refractivity contribution < 1.29 is 4.79 Å². The molecule has 0 saturated carbocycles. The molecule has 1 unspecified atom stereocenters. The van der Waals surface area contributed by atoms with E-state index in [4.69, 9.17) is 23.2 Å². The molecule has 112 valence electrons. The third-order valence-electron chi connectivity index (χ3n) is 4.02. The normalized spacial score (nSPS) is 16.6. The summed E-state index contributed by atoms with van der Waals surface area (Å²) in [4.78, 5) is 19.1. The second-order valence-corrected chi connectivity index (χ2v) is 6.02. The number of carbonyl (C=O) groups excluding carboxylic acids is 1. The van der Waals surface area contributed by atoms with Crippen LogP contribution in [0.15, 0.2) is 18.2 Å². The van der Waals surface area contributed by atoms with Crippen LogP contribution in [0.1, 0.15) is 31.6 Å². The Bertz CT molecular complexity index is 677. The molecule has 1 fully saturated rings. The van der Waals surface area contributed by atoms with Crippen molar-refractivity contribution in [1.29, 1.82) is 0 Å². The van der Waals surface area contributed by atoms with Gasteiger partial charge in [-0.15, -0.1) is 11.6 Å². The molecule has 4 nitrogen and oxygen atoms in total. The van der Waals surface area contributed by atoms with Crippen LogP contribution in [0.2, 0.25) is 5.02 Å². The van der Waals surface area contributed by atoms with Crippen LogP contribution in [0, 0.1) is 0 Å². The van der Waals surface area contributed by atoms with Gasteiger partial charge in [0.15, 0.2) is 0 Å². The number of hydrogen-bond acceptors (Lipinski definition) is 2. The Morgan fingerprint density at radius 1 is 1.38 bits per heavy atom. The number of halogens is 2. The molecule has 3 rings (SSSR count). The van der Waals surface area contributed by atoms with Crippen molar-refractivity contribution in [3.05, 3.63) is 29.0 Å². The van der Waals surface area contributed by atoms with Gasteiger partial charge < -0.3 is 9.47 Å². The summed E-state index contributed by atoms with van der Waals surface area (Å²) in [7, 11) is 0. The molecule has 1 aromatic carbocycles. The predicted molar refractivity (Wildman–Crippen MR) is 84.8 cm³/mol. The summed E-state index contributed by atoms with van der Waals surface area (Å²) >= 11 is 12.3. The van der Waals surface area contributed by atoms with E-state index in [-0.39, 0.29) is 17.8 Å². The second kappa shape index (κ2) is 5.85. The van der Waals surface area contributed by atoms with Crippen LogP contribution < -0.4 is 0 Å². The number of aromatic nitrogens is 2. The number of alkyl halides is 1. The minimum absolute atomic E-state index is 0.109. The average Bonchev–Trinajstić information content (AvgIpc) is 3.13. The summed E-state index contributed by atoms with van der Waals surface area (Å²) in [5.41, 5.74) is 1.56. The van der Waals surface area contributed by atoms with Gasteiger partial charge in [-0.1, -0.05) is 17.7 Å². The van der Waals surface area contributed by atoms with E-state index in [0.29, 0.717) is 10.8 Å². The smallest absolute Gasteiger partial charge is 0.245 e. The molecule has 1 aromatic heterocycles. The fourth-order valence-corrected chi connectivity index (χ4v) is 3.43. The van der Waals surface area contributed by atoms with Gasteiger partial charge in [0.2, 0.25) is 5.91 Å². The van der Waals surface area contributed by atoms with Crippen molar-refractivity contribution in [3.63, 3.8) is 0 Å². The molecule has 0 aliphatic carbocycles. The van der Waals surface area contributed by atoms with Gasteiger partial charge in [-0.25, -0.2) is 4.98 Å². The minimum Gasteiger partial charge on any atom is -0.341 e. The van der Waals surface area contributed by atoms with Gasteiger partial charge >= 0.3 is 0 Å². The Labute approximate surface area is 133 Å². The van der Waals surface area contributed by atoms with Crippen LogP contribution in [-0.4, -0.2) is 33.4 Å². The Kier molecular flexibility index (Phi) is 4.09. The van der Waals surface area contributed by atoms with Gasteiger partial charge in [-0.05, 0) is 31.9 Å². The first-order chi connectivity index (χ1) is 10.1. The van der Waals surface area contributed by atoms with Crippen LogP contribution in [0.4, 0.5) is 0 Å². The minimum atomic E-state index is -0.346. The molecular weight excluding hydrogens is 309 g/mol. The zero-order valence-electron chi connectivity index (χ0n) is 11.9. The molecule has 0 bridgehead atoms. The number of nitrogens with zero attached hydrogens (tertiary/aromatic N) is 3. The lowest BCUT2D eigenvalue weighted by Gasteiger charge is -2.23. The highest BCUT2D eigenvalue weighted by Crippen LogP contribution is 2.29. The van der Waals surface area contributed by atoms with Crippen molar-refractivity contribution in [2.45, 2.75) is 31.7 Å². The number of likely N-dealkylation sites (tertiary alicyclic amines) is 1. The van der Waals surface area contributed by atoms with Gasteiger partial charge in [0.25, 0.3) is 0 Å². The zero-order chi connectivity index (χ0) is 15.0. The number of imidazole rings is 1. The van der Waals surface area contributed by atoms with E-state index in [9.17, 15) is 4.79 Å². The molecule has 6 heteroatoms. The summed E-state index contributed by atoms with van der Waals surface area (Å²) in [5, 5.41) is 0.595. The van der Waals surface area contributed by atoms with Crippen LogP contribution >= 0.6 is 23.2 Å². The van der Waals surface area contributed by atoms with Crippen LogP contribution in [0.3, 0.4) is 0 Å². The van der Waals surface area contributed by atoms with Crippen molar-refractivity contribution in [1.82, 2.24) is 14.5 Å². The molecular formula is C15H17Cl2N3O. The first-order valence-corrected chi connectivity index (χ1v) is 8.05. The highest BCUT2D eigenvalue weighted by Gasteiger charge is 2.27. The summed E-state index contributed by atoms with van der Waals surface area (Å²) in [6, 6.07) is 5.21. The van der Waals surface area contributed by atoms with Crippen molar-refractivity contribution in [2.24, 2.45) is 0 Å². The lowest BCUT2D eigenvalue weighted by molar-refractivity contribution is -0.133. The largest absolute Gasteiger partial charge is 0.341 e. The first kappa shape index (κ1) is 14.7. The van der Waals surface area contributed by atoms with E-state index in [0.717, 1.165) is 37.0 Å². The highest BCUT2D eigenvalue weighted by atomic mass is 35.5. The number of para-hydroxylation sites is 1. The monoisotopic (exact) mass is 325 g/mol. The van der Waals surface area contributed by atoms with Gasteiger partial charge in [0.05, 0.1) is 21.9 Å². The summed E-state index contributed by atoms with van der Waals surface area (Å²) in [6.45, 7) is 3.56. The summed E-state index contributed by atoms with van der Waals surface area (Å²) < 4.78 is 1.88. The van der Waals surface area contributed by atoms with Crippen molar-refractivity contribution >= 4 is 40.1 Å². The summed E-state index contributed by atoms with van der Waals surface area (Å²) in [6.07, 6.45) is 2.15. The second-order valence-electron chi connectivity index (χ2n) is 5.35. The maximum Gasteiger partial charge on any atom is 0.245 e. The fraction of sp³-hybridized carbons (Fsp3) is 0.467. The molecule has 1 amide bonds. The molecule has 0 radical (unpaired) electrons. The van der Waals surface area contributed by atoms with E-state index in [2.05, 4.69) is 4.98 Å². The van der Waals surface area contributed by atoms with E-state index in [1.807, 2.05) is 34.6 Å². The number of carbonyl (C=O) groups is 1. The van der Waals surface area contributed by atoms with Gasteiger partial charge in [-0.2, -0.15) is 0 Å². The highest BCUT2D eigenvalue weighted by molar-refractivity contribution is 6.35. The Balaban J connectivity index is 2.07. The number of hydrogen-bond donors (Lipinski definition) is 0. The number of fused-ring (bicyclic) bond motifs is 1. The Morgan fingerprint density at radius 3 is 2.76 bits per heavy atom. The Morgan fingerprint density at radius 2 is 2.10 bits per heavy atom. The Hall–Kier alpha value is -1.26. The topological polar surface area (TPSA) is 38.1 Å². The van der Waals surface area contributed by atoms with Gasteiger partial charge in [0.1, 0.15) is 11.9 Å². The summed E-state index contributed by atoms with van der Waals surface area (Å²) in [5.74, 6) is 1.04. The number of amides is 1. The number of benzene rings is 1. The van der Waals surface area contributed by atoms with Crippen molar-refractivity contribution in [3.8, 4) is 0 Å². The van der Waals surface area contributed by atoms with E-state index >= 15 is 0 Å². The van der Waals surface area contributed by atoms with Crippen LogP contribution in [-0.2, 0) is 10.7 Å². The van der Waals surface area contributed by atoms with Crippen LogP contribution in [0.25, 0.3) is 11.0 Å². The molecule has 1 aliphatic rings. The molecule has 2 heterocycles. The quantitative estimate of drug-likeness (QED) is 0.808. The molecule has 21 heavy (non-hydrogen) atoms. The molecule has 1 atom stereocenters. The van der Waals surface area contributed by atoms with E-state index in [1.165, 1.54) is 0 Å². The zero-order valence-corrected chi connectivity index (χ0v) is 13.4. The van der Waals surface area contributed by atoms with Crippen LogP contribution in [0.5, 0.6) is 0 Å². The molecule has 0 N–H and O–H groups in total. The molecule has 0 spiro atoms. The predicted octanol–water partition coefficient (Wildman–Crippen LogP) is 3.61. The SMILES string of the molecule is CC(C(=O)N1CCCC1)n1c(CCl)nc2cccc(Cl)c21. The lowest BCUT2D eigenvalue weighted by atomic mass is 10.2. The molecule has 1 saturated heterocycles. The first-order valence-electron chi connectivity index (χ1n) is 7.13. The van der Waals surface area contributed by atoms with Crippen molar-refractivity contribution in [2.75, 3.05) is 13.1 Å². The van der Waals surface area contributed by atoms with Gasteiger partial charge in [-0.3, -0.25) is 4.79 Å². The maximum atomic E-state index is 12.7.